The molecule has 0 aliphatic carbocycles. The molecule has 0 aromatic heterocycles. The minimum Gasteiger partial charge on any atom is -0.430 e. The van der Waals surface area contributed by atoms with E-state index in [2.05, 4.69) is 5.32 Å². The Bertz CT molecular complexity index is 347. The molecule has 0 radical (unpaired) electrons. The van der Waals surface area contributed by atoms with Gasteiger partial charge in [0.25, 0.3) is 0 Å². The van der Waals surface area contributed by atoms with Crippen LogP contribution >= 0.6 is 0 Å². The summed E-state index contributed by atoms with van der Waals surface area (Å²) >= 11 is 0. The van der Waals surface area contributed by atoms with Crippen LogP contribution in [0.15, 0.2) is 30.3 Å². The maximum atomic E-state index is 11.4. The molecule has 1 aromatic carbocycles. The number of hydrogen-bond acceptors (Lipinski definition) is 4. The first-order valence-corrected chi connectivity index (χ1v) is 5.92. The highest BCUT2D eigenvalue weighted by Crippen LogP contribution is 2.08. The number of nitrogens with one attached hydrogen (secondary N) is 1. The van der Waals surface area contributed by atoms with E-state index in [4.69, 9.17) is 9.47 Å². The van der Waals surface area contributed by atoms with Crippen molar-refractivity contribution < 1.29 is 14.3 Å². The SMILES string of the molecule is O=C(OCc1ccccc1)OC1CCCNC1. The number of ether oxygens (including phenoxy) is 2. The van der Waals surface area contributed by atoms with Gasteiger partial charge >= 0.3 is 6.16 Å². The molecule has 1 N–H and O–H groups in total. The van der Waals surface area contributed by atoms with Gasteiger partial charge in [-0.25, -0.2) is 4.79 Å². The Balaban J connectivity index is 1.70. The van der Waals surface area contributed by atoms with Crippen LogP contribution in [0, 0.1) is 0 Å². The Kier molecular flexibility index (Phi) is 4.38. The predicted molar refractivity (Wildman–Crippen MR) is 63.6 cm³/mol. The standard InChI is InChI=1S/C13H17NO3/c15-13(17-12-7-4-8-14-9-12)16-10-11-5-2-1-3-6-11/h1-3,5-6,12,14H,4,7-10H2. The molecule has 17 heavy (non-hydrogen) atoms. The molecule has 1 aliphatic rings. The van der Waals surface area contributed by atoms with Gasteiger partial charge in [0.15, 0.2) is 0 Å². The van der Waals surface area contributed by atoms with Crippen LogP contribution in [-0.2, 0) is 16.1 Å². The van der Waals surface area contributed by atoms with Crippen molar-refractivity contribution in [3.8, 4) is 0 Å². The van der Waals surface area contributed by atoms with E-state index < -0.39 is 6.16 Å². The first kappa shape index (κ1) is 11.9. The molecular formula is C13H17NO3. The Morgan fingerprint density at radius 2 is 2.18 bits per heavy atom. The number of rotatable bonds is 3. The fourth-order valence-corrected chi connectivity index (χ4v) is 1.81. The van der Waals surface area contributed by atoms with Gasteiger partial charge in [0.2, 0.25) is 0 Å². The van der Waals surface area contributed by atoms with Crippen LogP contribution in [-0.4, -0.2) is 25.3 Å². The molecule has 0 spiro atoms. The van der Waals surface area contributed by atoms with Crippen LogP contribution in [0.1, 0.15) is 18.4 Å². The van der Waals surface area contributed by atoms with Crippen LogP contribution in [0.3, 0.4) is 0 Å². The second-order valence-electron chi connectivity index (χ2n) is 4.11. The summed E-state index contributed by atoms with van der Waals surface area (Å²) in [5.41, 5.74) is 0.964. The van der Waals surface area contributed by atoms with Crippen LogP contribution < -0.4 is 5.32 Å². The molecule has 4 heteroatoms. The van der Waals surface area contributed by atoms with Crippen molar-refractivity contribution in [1.82, 2.24) is 5.32 Å². The molecule has 92 valence electrons. The summed E-state index contributed by atoms with van der Waals surface area (Å²) in [4.78, 5) is 11.4. The number of hydrogen-bond donors (Lipinski definition) is 1. The van der Waals surface area contributed by atoms with Gasteiger partial charge < -0.3 is 14.8 Å². The van der Waals surface area contributed by atoms with Gasteiger partial charge in [-0.1, -0.05) is 30.3 Å². The van der Waals surface area contributed by atoms with Crippen molar-refractivity contribution in [2.24, 2.45) is 0 Å². The third-order valence-electron chi connectivity index (χ3n) is 2.71. The molecule has 0 saturated carbocycles. The third kappa shape index (κ3) is 4.07. The summed E-state index contributed by atoms with van der Waals surface area (Å²) in [5, 5.41) is 3.18. The molecule has 1 aliphatic heterocycles. The monoisotopic (exact) mass is 235 g/mol. The minimum absolute atomic E-state index is 0.0491. The van der Waals surface area contributed by atoms with Gasteiger partial charge in [-0.15, -0.1) is 0 Å². The molecule has 1 saturated heterocycles. The number of benzene rings is 1. The summed E-state index contributed by atoms with van der Waals surface area (Å²) < 4.78 is 10.2. The number of carbonyl (C=O) groups excluding carboxylic acids is 1. The quantitative estimate of drug-likeness (QED) is 0.815. The summed E-state index contributed by atoms with van der Waals surface area (Å²) in [7, 11) is 0. The summed E-state index contributed by atoms with van der Waals surface area (Å²) in [6.07, 6.45) is 1.32. The van der Waals surface area contributed by atoms with Crippen molar-refractivity contribution in [2.45, 2.75) is 25.6 Å². The van der Waals surface area contributed by atoms with Crippen LogP contribution in [0.2, 0.25) is 0 Å². The zero-order valence-corrected chi connectivity index (χ0v) is 9.72. The second kappa shape index (κ2) is 6.25. The highest BCUT2D eigenvalue weighted by Gasteiger charge is 2.17. The Morgan fingerprint density at radius 3 is 2.88 bits per heavy atom. The van der Waals surface area contributed by atoms with Crippen molar-refractivity contribution in [1.29, 1.82) is 0 Å². The van der Waals surface area contributed by atoms with Gasteiger partial charge in [0.05, 0.1) is 0 Å². The van der Waals surface area contributed by atoms with Gasteiger partial charge in [0.1, 0.15) is 12.7 Å². The molecule has 1 aromatic rings. The summed E-state index contributed by atoms with van der Waals surface area (Å²) in [5.74, 6) is 0. The Hall–Kier alpha value is -1.55. The summed E-state index contributed by atoms with van der Waals surface area (Å²) in [6.45, 7) is 1.99. The van der Waals surface area contributed by atoms with E-state index >= 15 is 0 Å². The number of carbonyl (C=O) groups is 1. The molecule has 0 bridgehead atoms. The normalized spacial score (nSPS) is 19.6. The van der Waals surface area contributed by atoms with Crippen molar-refractivity contribution in [3.63, 3.8) is 0 Å². The fraction of sp³-hybridized carbons (Fsp3) is 0.462. The van der Waals surface area contributed by atoms with E-state index in [-0.39, 0.29) is 12.7 Å². The Morgan fingerprint density at radius 1 is 1.35 bits per heavy atom. The van der Waals surface area contributed by atoms with Crippen molar-refractivity contribution in [3.05, 3.63) is 35.9 Å². The Labute approximate surface area is 101 Å². The maximum absolute atomic E-state index is 11.4. The lowest BCUT2D eigenvalue weighted by atomic mass is 10.1. The molecule has 4 nitrogen and oxygen atoms in total. The molecule has 0 amide bonds. The van der Waals surface area contributed by atoms with E-state index in [9.17, 15) is 4.79 Å². The average molecular weight is 235 g/mol. The fourth-order valence-electron chi connectivity index (χ4n) is 1.81. The highest BCUT2D eigenvalue weighted by atomic mass is 16.7. The third-order valence-corrected chi connectivity index (χ3v) is 2.71. The molecule has 1 fully saturated rings. The minimum atomic E-state index is -0.581. The lowest BCUT2D eigenvalue weighted by molar-refractivity contribution is 0.0117. The van der Waals surface area contributed by atoms with Gasteiger partial charge in [-0.2, -0.15) is 0 Å². The topological polar surface area (TPSA) is 47.6 Å². The van der Waals surface area contributed by atoms with Crippen LogP contribution in [0.25, 0.3) is 0 Å². The lowest BCUT2D eigenvalue weighted by Crippen LogP contribution is -2.36. The number of piperidine rings is 1. The van der Waals surface area contributed by atoms with E-state index in [1.54, 1.807) is 0 Å². The van der Waals surface area contributed by atoms with Crippen molar-refractivity contribution >= 4 is 6.16 Å². The van der Waals surface area contributed by atoms with E-state index in [1.807, 2.05) is 30.3 Å². The molecule has 2 rings (SSSR count). The zero-order chi connectivity index (χ0) is 11.9. The molecule has 1 atom stereocenters. The summed E-state index contributed by atoms with van der Waals surface area (Å²) in [6, 6.07) is 9.57. The zero-order valence-electron chi connectivity index (χ0n) is 9.72. The highest BCUT2D eigenvalue weighted by molar-refractivity contribution is 5.60. The molecular weight excluding hydrogens is 218 g/mol. The first-order valence-electron chi connectivity index (χ1n) is 5.92. The average Bonchev–Trinajstić information content (AvgIpc) is 2.39. The van der Waals surface area contributed by atoms with Gasteiger partial charge in [-0.05, 0) is 24.9 Å². The molecule has 1 heterocycles. The van der Waals surface area contributed by atoms with E-state index in [1.165, 1.54) is 0 Å². The maximum Gasteiger partial charge on any atom is 0.508 e. The molecule has 1 unspecified atom stereocenters. The van der Waals surface area contributed by atoms with Crippen molar-refractivity contribution in [2.75, 3.05) is 13.1 Å². The van der Waals surface area contributed by atoms with Gasteiger partial charge in [0, 0.05) is 6.54 Å². The van der Waals surface area contributed by atoms with Crippen LogP contribution in [0.5, 0.6) is 0 Å². The second-order valence-corrected chi connectivity index (χ2v) is 4.11. The van der Waals surface area contributed by atoms with E-state index in [0.717, 1.165) is 31.5 Å². The van der Waals surface area contributed by atoms with Crippen LogP contribution in [0.4, 0.5) is 4.79 Å². The van der Waals surface area contributed by atoms with Gasteiger partial charge in [-0.3, -0.25) is 0 Å². The first-order chi connectivity index (χ1) is 8.34. The lowest BCUT2D eigenvalue weighted by Gasteiger charge is -2.22. The largest absolute Gasteiger partial charge is 0.508 e. The van der Waals surface area contributed by atoms with E-state index in [0.29, 0.717) is 0 Å². The smallest absolute Gasteiger partial charge is 0.430 e. The predicted octanol–water partition coefficient (Wildman–Crippen LogP) is 2.09.